The molecule has 1 fully saturated rings. The molecular weight excluding hydrogens is 170 g/mol. The quantitative estimate of drug-likeness (QED) is 0.637. The number of carbonyl (C=O) groups is 1. The van der Waals surface area contributed by atoms with Gasteiger partial charge in [0.2, 0.25) is 5.89 Å². The molecule has 1 aromatic rings. The molecule has 1 amide bonds. The average molecular weight is 181 g/mol. The van der Waals surface area contributed by atoms with Crippen molar-refractivity contribution in [3.63, 3.8) is 0 Å². The van der Waals surface area contributed by atoms with E-state index < -0.39 is 0 Å². The van der Waals surface area contributed by atoms with Gasteiger partial charge in [-0.15, -0.1) is 10.2 Å². The topological polar surface area (TPSA) is 59.2 Å². The van der Waals surface area contributed by atoms with Gasteiger partial charge in [0.1, 0.15) is 0 Å². The second-order valence-electron chi connectivity index (χ2n) is 3.13. The molecule has 70 valence electrons. The number of carbonyl (C=O) groups excluding carboxylic acids is 1. The van der Waals surface area contributed by atoms with Gasteiger partial charge >= 0.3 is 11.8 Å². The molecule has 5 heteroatoms. The SMILES string of the molecule is Cc1nnc(C(=O)N2CCCC2)o1. The molecule has 1 aliphatic heterocycles. The number of nitrogens with zero attached hydrogens (tertiary/aromatic N) is 3. The van der Waals surface area contributed by atoms with Crippen molar-refractivity contribution in [3.05, 3.63) is 11.8 Å². The van der Waals surface area contributed by atoms with Crippen molar-refractivity contribution < 1.29 is 9.21 Å². The van der Waals surface area contributed by atoms with Crippen LogP contribution in [0.1, 0.15) is 29.4 Å². The number of aryl methyl sites for hydroxylation is 1. The standard InChI is InChI=1S/C8H11N3O2/c1-6-9-10-7(13-6)8(12)11-4-2-3-5-11/h2-5H2,1H3. The van der Waals surface area contributed by atoms with Crippen molar-refractivity contribution in [2.75, 3.05) is 13.1 Å². The summed E-state index contributed by atoms with van der Waals surface area (Å²) in [5.41, 5.74) is 0. The summed E-state index contributed by atoms with van der Waals surface area (Å²) in [5, 5.41) is 7.30. The summed E-state index contributed by atoms with van der Waals surface area (Å²) in [7, 11) is 0. The molecule has 0 saturated carbocycles. The summed E-state index contributed by atoms with van der Waals surface area (Å²) in [6.07, 6.45) is 2.14. The Hall–Kier alpha value is -1.39. The molecule has 1 aromatic heterocycles. The fourth-order valence-electron chi connectivity index (χ4n) is 1.44. The summed E-state index contributed by atoms with van der Waals surface area (Å²) in [4.78, 5) is 13.3. The van der Waals surface area contributed by atoms with E-state index in [4.69, 9.17) is 4.42 Å². The van der Waals surface area contributed by atoms with Crippen molar-refractivity contribution in [1.82, 2.24) is 15.1 Å². The van der Waals surface area contributed by atoms with Crippen LogP contribution in [0, 0.1) is 6.92 Å². The number of aromatic nitrogens is 2. The van der Waals surface area contributed by atoms with E-state index in [0.717, 1.165) is 25.9 Å². The van der Waals surface area contributed by atoms with Crippen molar-refractivity contribution in [2.45, 2.75) is 19.8 Å². The van der Waals surface area contributed by atoms with Gasteiger partial charge in [0.05, 0.1) is 0 Å². The maximum atomic E-state index is 11.6. The summed E-state index contributed by atoms with van der Waals surface area (Å²) in [6.45, 7) is 3.29. The fraction of sp³-hybridized carbons (Fsp3) is 0.625. The van der Waals surface area contributed by atoms with E-state index >= 15 is 0 Å². The number of amides is 1. The van der Waals surface area contributed by atoms with Gasteiger partial charge in [0.25, 0.3) is 0 Å². The lowest BCUT2D eigenvalue weighted by atomic mass is 10.4. The first-order chi connectivity index (χ1) is 6.27. The Morgan fingerprint density at radius 1 is 1.38 bits per heavy atom. The first kappa shape index (κ1) is 8.22. The van der Waals surface area contributed by atoms with Gasteiger partial charge in [-0.1, -0.05) is 0 Å². The van der Waals surface area contributed by atoms with Gasteiger partial charge in [-0.25, -0.2) is 0 Å². The van der Waals surface area contributed by atoms with Crippen LogP contribution in [0.25, 0.3) is 0 Å². The Balaban J connectivity index is 2.12. The van der Waals surface area contributed by atoms with Gasteiger partial charge < -0.3 is 9.32 Å². The summed E-state index contributed by atoms with van der Waals surface area (Å²) in [6, 6.07) is 0. The minimum Gasteiger partial charge on any atom is -0.417 e. The molecule has 0 bridgehead atoms. The Morgan fingerprint density at radius 2 is 2.08 bits per heavy atom. The Bertz CT molecular complexity index is 315. The highest BCUT2D eigenvalue weighted by Crippen LogP contribution is 2.11. The first-order valence-corrected chi connectivity index (χ1v) is 4.37. The predicted molar refractivity (Wildman–Crippen MR) is 44.2 cm³/mol. The van der Waals surface area contributed by atoms with Crippen LogP contribution in [-0.2, 0) is 0 Å². The third kappa shape index (κ3) is 1.54. The van der Waals surface area contributed by atoms with E-state index in [1.54, 1.807) is 11.8 Å². The molecule has 0 N–H and O–H groups in total. The number of hydrogen-bond donors (Lipinski definition) is 0. The predicted octanol–water partition coefficient (Wildman–Crippen LogP) is 0.614. The summed E-state index contributed by atoms with van der Waals surface area (Å²) < 4.78 is 5.04. The van der Waals surface area contributed by atoms with Gasteiger partial charge in [-0.2, -0.15) is 0 Å². The number of rotatable bonds is 1. The molecule has 1 aliphatic rings. The second kappa shape index (κ2) is 3.16. The monoisotopic (exact) mass is 181 g/mol. The lowest BCUT2D eigenvalue weighted by Gasteiger charge is -2.11. The molecule has 0 unspecified atom stereocenters. The zero-order valence-corrected chi connectivity index (χ0v) is 7.49. The molecule has 2 heterocycles. The number of likely N-dealkylation sites (tertiary alicyclic amines) is 1. The van der Waals surface area contributed by atoms with Gasteiger partial charge in [0.15, 0.2) is 0 Å². The summed E-state index contributed by atoms with van der Waals surface area (Å²) in [5.74, 6) is 0.403. The van der Waals surface area contributed by atoms with Crippen LogP contribution in [-0.4, -0.2) is 34.1 Å². The highest BCUT2D eigenvalue weighted by atomic mass is 16.4. The molecule has 0 aliphatic carbocycles. The Kier molecular flexibility index (Phi) is 2.00. The molecule has 13 heavy (non-hydrogen) atoms. The van der Waals surface area contributed by atoms with E-state index in [9.17, 15) is 4.79 Å². The van der Waals surface area contributed by atoms with Crippen LogP contribution >= 0.6 is 0 Å². The Labute approximate surface area is 75.7 Å². The van der Waals surface area contributed by atoms with E-state index in [0.29, 0.717) is 5.89 Å². The zero-order valence-electron chi connectivity index (χ0n) is 7.49. The highest BCUT2D eigenvalue weighted by molar-refractivity contribution is 5.89. The van der Waals surface area contributed by atoms with Crippen LogP contribution in [0.3, 0.4) is 0 Å². The Morgan fingerprint density at radius 3 is 2.62 bits per heavy atom. The molecule has 0 aromatic carbocycles. The largest absolute Gasteiger partial charge is 0.417 e. The van der Waals surface area contributed by atoms with E-state index in [1.807, 2.05) is 0 Å². The number of hydrogen-bond acceptors (Lipinski definition) is 4. The van der Waals surface area contributed by atoms with Crippen LogP contribution < -0.4 is 0 Å². The zero-order chi connectivity index (χ0) is 9.26. The fourth-order valence-corrected chi connectivity index (χ4v) is 1.44. The maximum Gasteiger partial charge on any atom is 0.311 e. The van der Waals surface area contributed by atoms with E-state index in [2.05, 4.69) is 10.2 Å². The second-order valence-corrected chi connectivity index (χ2v) is 3.13. The molecule has 0 radical (unpaired) electrons. The molecule has 5 nitrogen and oxygen atoms in total. The normalized spacial score (nSPS) is 16.5. The molecule has 0 atom stereocenters. The smallest absolute Gasteiger partial charge is 0.311 e. The first-order valence-electron chi connectivity index (χ1n) is 4.37. The lowest BCUT2D eigenvalue weighted by Crippen LogP contribution is -2.27. The molecular formula is C8H11N3O2. The summed E-state index contributed by atoms with van der Waals surface area (Å²) >= 11 is 0. The van der Waals surface area contributed by atoms with Crippen LogP contribution in [0.5, 0.6) is 0 Å². The minimum atomic E-state index is -0.141. The third-order valence-corrected chi connectivity index (χ3v) is 2.10. The van der Waals surface area contributed by atoms with Gasteiger partial charge in [0, 0.05) is 20.0 Å². The van der Waals surface area contributed by atoms with Crippen LogP contribution in [0.4, 0.5) is 0 Å². The molecule has 0 spiro atoms. The van der Waals surface area contributed by atoms with Crippen molar-refractivity contribution in [3.8, 4) is 0 Å². The highest BCUT2D eigenvalue weighted by Gasteiger charge is 2.23. The van der Waals surface area contributed by atoms with Gasteiger partial charge in [-0.3, -0.25) is 4.79 Å². The van der Waals surface area contributed by atoms with Crippen molar-refractivity contribution >= 4 is 5.91 Å². The molecule has 1 saturated heterocycles. The van der Waals surface area contributed by atoms with Crippen LogP contribution in [0.15, 0.2) is 4.42 Å². The average Bonchev–Trinajstić information content (AvgIpc) is 2.72. The maximum absolute atomic E-state index is 11.6. The van der Waals surface area contributed by atoms with E-state index in [1.165, 1.54) is 0 Å². The third-order valence-electron chi connectivity index (χ3n) is 2.10. The molecule has 2 rings (SSSR count). The van der Waals surface area contributed by atoms with E-state index in [-0.39, 0.29) is 11.8 Å². The lowest BCUT2D eigenvalue weighted by molar-refractivity contribution is 0.0752. The van der Waals surface area contributed by atoms with Crippen molar-refractivity contribution in [2.24, 2.45) is 0 Å². The van der Waals surface area contributed by atoms with Crippen molar-refractivity contribution in [1.29, 1.82) is 0 Å². The van der Waals surface area contributed by atoms with Gasteiger partial charge in [-0.05, 0) is 12.8 Å². The van der Waals surface area contributed by atoms with Crippen LogP contribution in [0.2, 0.25) is 0 Å². The minimum absolute atomic E-state index is 0.111.